The number of halogens is 2. The molecule has 1 amide bonds. The fraction of sp³-hybridized carbons (Fsp3) is 0.115. The zero-order valence-corrected chi connectivity index (χ0v) is 25.4. The summed E-state index contributed by atoms with van der Waals surface area (Å²) in [4.78, 5) is 12.6. The van der Waals surface area contributed by atoms with Gasteiger partial charge in [0, 0.05) is 27.7 Å². The van der Waals surface area contributed by atoms with E-state index in [1.807, 2.05) is 6.92 Å². The topological polar surface area (TPSA) is 140 Å². The summed E-state index contributed by atoms with van der Waals surface area (Å²) < 4.78 is 38.2. The first kappa shape index (κ1) is 30.8. The molecule has 0 heterocycles. The summed E-state index contributed by atoms with van der Waals surface area (Å²) in [7, 11) is -4.62. The standard InChI is InChI=1S/C26H21Cl2N3O6S.Na/c1-3-37-18-11-16(27)10-17(12-18)29-26(33)20-9-15-6-4-5-7-19(15)24(25(20)32)31-30-22-13-23(38(34,35)36)21(28)8-14(22)2;/h4-13,32H,3H2,1-2H3,(H,29,33)(H,34,35,36);/q;+1/p-1. The van der Waals surface area contributed by atoms with Crippen LogP contribution in [-0.2, 0) is 10.1 Å². The SMILES string of the molecule is CCOc1cc(Cl)cc(NC(=O)c2cc3ccccc3c(N=Nc3cc(S(=O)(=O)O)c(Cl)cc3C)c2[O-])c1.[Na+]. The predicted octanol–water partition coefficient (Wildman–Crippen LogP) is 3.85. The van der Waals surface area contributed by atoms with Gasteiger partial charge in [0.2, 0.25) is 0 Å². The molecule has 0 fully saturated rings. The summed E-state index contributed by atoms with van der Waals surface area (Å²) in [5.74, 6) is -0.940. The molecule has 0 saturated heterocycles. The van der Waals surface area contributed by atoms with Crippen molar-refractivity contribution in [3.05, 3.63) is 81.8 Å². The first-order valence-electron chi connectivity index (χ1n) is 11.1. The molecule has 39 heavy (non-hydrogen) atoms. The van der Waals surface area contributed by atoms with E-state index in [4.69, 9.17) is 27.9 Å². The van der Waals surface area contributed by atoms with Crippen LogP contribution < -0.4 is 44.7 Å². The number of anilines is 1. The minimum atomic E-state index is -4.62. The van der Waals surface area contributed by atoms with E-state index < -0.39 is 26.7 Å². The third-order valence-corrected chi connectivity index (χ3v) is 6.98. The molecule has 0 spiro atoms. The Kier molecular flexibility index (Phi) is 10.0. The van der Waals surface area contributed by atoms with Crippen LogP contribution in [0.25, 0.3) is 10.8 Å². The van der Waals surface area contributed by atoms with Crippen LogP contribution in [0.1, 0.15) is 22.8 Å². The number of hydrogen-bond donors (Lipinski definition) is 2. The Bertz CT molecular complexity index is 1710. The van der Waals surface area contributed by atoms with E-state index in [1.54, 1.807) is 43.3 Å². The average molecular weight is 596 g/mol. The molecule has 4 rings (SSSR count). The second kappa shape index (κ2) is 12.6. The Hall–Kier alpha value is -2.70. The van der Waals surface area contributed by atoms with Crippen LogP contribution in [0.15, 0.2) is 75.8 Å². The molecule has 0 radical (unpaired) electrons. The average Bonchev–Trinajstić information content (AvgIpc) is 2.83. The van der Waals surface area contributed by atoms with Crippen LogP contribution in [0.5, 0.6) is 11.5 Å². The number of ether oxygens (including phenoxy) is 1. The molecule has 0 saturated carbocycles. The number of nitrogens with zero attached hydrogens (tertiary/aromatic N) is 2. The number of hydrogen-bond acceptors (Lipinski definition) is 7. The maximum Gasteiger partial charge on any atom is 1.00 e. The number of fused-ring (bicyclic) bond motifs is 1. The third kappa shape index (κ3) is 7.09. The second-order valence-electron chi connectivity index (χ2n) is 8.13. The Morgan fingerprint density at radius 1 is 1.08 bits per heavy atom. The van der Waals surface area contributed by atoms with Gasteiger partial charge < -0.3 is 15.2 Å². The van der Waals surface area contributed by atoms with E-state index in [9.17, 15) is 22.9 Å². The Balaban J connectivity index is 0.00000420. The van der Waals surface area contributed by atoms with Gasteiger partial charge in [0.25, 0.3) is 16.0 Å². The van der Waals surface area contributed by atoms with Crippen LogP contribution in [0.2, 0.25) is 10.0 Å². The Morgan fingerprint density at radius 2 is 1.79 bits per heavy atom. The molecule has 0 aliphatic carbocycles. The zero-order chi connectivity index (χ0) is 27.6. The molecule has 13 heteroatoms. The van der Waals surface area contributed by atoms with E-state index in [-0.39, 0.29) is 51.5 Å². The van der Waals surface area contributed by atoms with Crippen molar-refractivity contribution in [2.45, 2.75) is 18.7 Å². The normalized spacial score (nSPS) is 11.4. The number of amides is 1. The molecule has 4 aromatic carbocycles. The van der Waals surface area contributed by atoms with Gasteiger partial charge in [-0.2, -0.15) is 18.6 Å². The fourth-order valence-electron chi connectivity index (χ4n) is 3.71. The minimum absolute atomic E-state index is 0. The summed E-state index contributed by atoms with van der Waals surface area (Å²) >= 11 is 12.1. The summed E-state index contributed by atoms with van der Waals surface area (Å²) in [6, 6.07) is 15.3. The molecule has 2 N–H and O–H groups in total. The number of aryl methyl sites for hydroxylation is 1. The minimum Gasteiger partial charge on any atom is -0.870 e. The van der Waals surface area contributed by atoms with Crippen molar-refractivity contribution in [3.63, 3.8) is 0 Å². The van der Waals surface area contributed by atoms with Gasteiger partial charge in [0.15, 0.2) is 0 Å². The van der Waals surface area contributed by atoms with Crippen LogP contribution in [0.3, 0.4) is 0 Å². The van der Waals surface area contributed by atoms with Crippen LogP contribution in [0.4, 0.5) is 17.1 Å². The summed E-state index contributed by atoms with van der Waals surface area (Å²) in [5, 5.41) is 25.4. The van der Waals surface area contributed by atoms with Gasteiger partial charge in [0.05, 0.1) is 23.0 Å². The molecule has 9 nitrogen and oxygen atoms in total. The van der Waals surface area contributed by atoms with Gasteiger partial charge in [0.1, 0.15) is 10.6 Å². The van der Waals surface area contributed by atoms with Crippen molar-refractivity contribution in [1.82, 2.24) is 0 Å². The smallest absolute Gasteiger partial charge is 0.870 e. The number of benzene rings is 4. The van der Waals surface area contributed by atoms with Gasteiger partial charge in [-0.1, -0.05) is 53.2 Å². The first-order chi connectivity index (χ1) is 18.0. The number of carbonyl (C=O) groups is 1. The van der Waals surface area contributed by atoms with E-state index in [0.29, 0.717) is 39.4 Å². The van der Waals surface area contributed by atoms with Crippen LogP contribution >= 0.6 is 23.2 Å². The van der Waals surface area contributed by atoms with E-state index in [1.165, 1.54) is 18.2 Å². The Morgan fingerprint density at radius 3 is 2.49 bits per heavy atom. The van der Waals surface area contributed by atoms with Crippen molar-refractivity contribution in [2.24, 2.45) is 10.2 Å². The number of nitrogens with one attached hydrogen (secondary N) is 1. The number of rotatable bonds is 7. The molecule has 0 bridgehead atoms. The van der Waals surface area contributed by atoms with Crippen molar-refractivity contribution < 1.29 is 57.2 Å². The van der Waals surface area contributed by atoms with Gasteiger partial charge in [-0.15, -0.1) is 0 Å². The van der Waals surface area contributed by atoms with Gasteiger partial charge in [-0.3, -0.25) is 9.35 Å². The molecule has 0 aliphatic heterocycles. The molecule has 4 aromatic rings. The zero-order valence-electron chi connectivity index (χ0n) is 21.0. The molecule has 0 atom stereocenters. The van der Waals surface area contributed by atoms with E-state index >= 15 is 0 Å². The van der Waals surface area contributed by atoms with Crippen molar-refractivity contribution in [1.29, 1.82) is 0 Å². The first-order valence-corrected chi connectivity index (χ1v) is 13.3. The molecule has 0 unspecified atom stereocenters. The summed E-state index contributed by atoms with van der Waals surface area (Å²) in [6.07, 6.45) is 0. The molecule has 196 valence electrons. The quantitative estimate of drug-likeness (QED) is 0.189. The Labute approximate surface area is 256 Å². The maximum atomic E-state index is 13.4. The van der Waals surface area contributed by atoms with Crippen molar-refractivity contribution in [3.8, 4) is 11.5 Å². The maximum absolute atomic E-state index is 13.4. The molecule has 0 aliphatic rings. The van der Waals surface area contributed by atoms with Gasteiger partial charge in [-0.25, -0.2) is 0 Å². The summed E-state index contributed by atoms with van der Waals surface area (Å²) in [6.45, 7) is 3.81. The largest absolute Gasteiger partial charge is 1.00 e. The fourth-order valence-corrected chi connectivity index (χ4v) is 5.01. The monoisotopic (exact) mass is 595 g/mol. The number of carbonyl (C=O) groups excluding carboxylic acids is 1. The van der Waals surface area contributed by atoms with Gasteiger partial charge >= 0.3 is 29.6 Å². The van der Waals surface area contributed by atoms with Crippen LogP contribution in [-0.4, -0.2) is 25.5 Å². The third-order valence-electron chi connectivity index (χ3n) is 5.45. The summed E-state index contributed by atoms with van der Waals surface area (Å²) in [5.41, 5.74) is 0.515. The molecule has 0 aromatic heterocycles. The van der Waals surface area contributed by atoms with E-state index in [0.717, 1.165) is 6.07 Å². The number of azo groups is 1. The van der Waals surface area contributed by atoms with Crippen LogP contribution in [0, 0.1) is 6.92 Å². The van der Waals surface area contributed by atoms with E-state index in [2.05, 4.69) is 15.5 Å². The second-order valence-corrected chi connectivity index (χ2v) is 10.4. The molecular formula is C26H20Cl2N3NaO6S. The molecular weight excluding hydrogens is 576 g/mol. The van der Waals surface area contributed by atoms with Crippen molar-refractivity contribution >= 4 is 67.1 Å². The van der Waals surface area contributed by atoms with Gasteiger partial charge in [-0.05, 0) is 55.1 Å². The predicted molar refractivity (Wildman–Crippen MR) is 144 cm³/mol. The van der Waals surface area contributed by atoms with Crippen molar-refractivity contribution in [2.75, 3.05) is 11.9 Å².